The van der Waals surface area contributed by atoms with Gasteiger partial charge in [-0.3, -0.25) is 15.0 Å². The lowest BCUT2D eigenvalue weighted by molar-refractivity contribution is 0.825. The quantitative estimate of drug-likeness (QED) is 0.415. The number of nitrogens with zero attached hydrogens (tertiary/aromatic N) is 6. The summed E-state index contributed by atoms with van der Waals surface area (Å²) in [7, 11) is 1.70. The molecule has 1 atom stereocenters. The van der Waals surface area contributed by atoms with Gasteiger partial charge in [-0.2, -0.15) is 0 Å². The van der Waals surface area contributed by atoms with Gasteiger partial charge in [0.15, 0.2) is 0 Å². The van der Waals surface area contributed by atoms with E-state index in [4.69, 9.17) is 10.4 Å². The van der Waals surface area contributed by atoms with E-state index in [2.05, 4.69) is 44.3 Å². The molecule has 0 amide bonds. The van der Waals surface area contributed by atoms with E-state index >= 15 is 0 Å². The number of rotatable bonds is 7. The van der Waals surface area contributed by atoms with E-state index in [1.54, 1.807) is 31.9 Å². The maximum atomic E-state index is 8.66. The second-order valence-corrected chi connectivity index (χ2v) is 8.28. The number of aliphatic imine (C=N–C) groups is 1. The number of hydrogen-bond acceptors (Lipinski definition) is 9. The van der Waals surface area contributed by atoms with Gasteiger partial charge in [-0.25, -0.2) is 4.98 Å². The molecule has 156 valence electrons. The normalized spacial score (nSPS) is 12.5. The smallest absolute Gasteiger partial charge is 0.211 e. The SMILES string of the molecule is CN=CC(C(=N)c1cccnc1)c1cnc2ccc(Nc3nnc(C(C)C)s3)nc2c1. The van der Waals surface area contributed by atoms with Gasteiger partial charge < -0.3 is 10.7 Å². The molecule has 0 bridgehead atoms. The molecule has 31 heavy (non-hydrogen) atoms. The summed E-state index contributed by atoms with van der Waals surface area (Å²) in [5, 5.41) is 22.0. The third-order valence-corrected chi connectivity index (χ3v) is 5.81. The van der Waals surface area contributed by atoms with Gasteiger partial charge in [-0.05, 0) is 29.8 Å². The van der Waals surface area contributed by atoms with E-state index in [1.807, 2.05) is 30.3 Å². The Morgan fingerprint density at radius 3 is 2.74 bits per heavy atom. The summed E-state index contributed by atoms with van der Waals surface area (Å²) in [6, 6.07) is 9.42. The Morgan fingerprint density at radius 2 is 2.03 bits per heavy atom. The van der Waals surface area contributed by atoms with Crippen LogP contribution >= 0.6 is 11.3 Å². The molecule has 0 aliphatic heterocycles. The Morgan fingerprint density at radius 1 is 1.16 bits per heavy atom. The zero-order valence-corrected chi connectivity index (χ0v) is 18.3. The Bertz CT molecular complexity index is 1230. The van der Waals surface area contributed by atoms with Crippen molar-refractivity contribution in [2.75, 3.05) is 12.4 Å². The predicted octanol–water partition coefficient (Wildman–Crippen LogP) is 4.60. The van der Waals surface area contributed by atoms with Gasteiger partial charge in [-0.1, -0.05) is 31.3 Å². The van der Waals surface area contributed by atoms with Gasteiger partial charge in [-0.15, -0.1) is 10.2 Å². The molecule has 0 aliphatic rings. The molecule has 9 heteroatoms. The fraction of sp³-hybridized carbons (Fsp3) is 0.227. The van der Waals surface area contributed by atoms with Crippen LogP contribution in [0.25, 0.3) is 11.0 Å². The van der Waals surface area contributed by atoms with Crippen molar-refractivity contribution in [3.63, 3.8) is 0 Å². The zero-order valence-electron chi connectivity index (χ0n) is 17.4. The molecule has 0 saturated carbocycles. The molecule has 4 rings (SSSR count). The number of nitrogens with one attached hydrogen (secondary N) is 2. The molecular weight excluding hydrogens is 408 g/mol. The maximum absolute atomic E-state index is 8.66. The highest BCUT2D eigenvalue weighted by Crippen LogP contribution is 2.26. The topological polar surface area (TPSA) is 113 Å². The first-order valence-corrected chi connectivity index (χ1v) is 10.6. The fourth-order valence-electron chi connectivity index (χ4n) is 3.07. The van der Waals surface area contributed by atoms with E-state index in [0.717, 1.165) is 27.2 Å². The predicted molar refractivity (Wildman–Crippen MR) is 125 cm³/mol. The van der Waals surface area contributed by atoms with Crippen molar-refractivity contribution in [2.24, 2.45) is 4.99 Å². The van der Waals surface area contributed by atoms with Crippen molar-refractivity contribution in [3.05, 3.63) is 65.1 Å². The van der Waals surface area contributed by atoms with Crippen LogP contribution in [-0.2, 0) is 0 Å². The Hall–Kier alpha value is -3.59. The van der Waals surface area contributed by atoms with Crippen molar-refractivity contribution in [2.45, 2.75) is 25.7 Å². The van der Waals surface area contributed by atoms with Crippen LogP contribution < -0.4 is 5.32 Å². The monoisotopic (exact) mass is 430 g/mol. The van der Waals surface area contributed by atoms with Crippen LogP contribution in [0.1, 0.15) is 41.8 Å². The average Bonchev–Trinajstić information content (AvgIpc) is 3.26. The summed E-state index contributed by atoms with van der Waals surface area (Å²) in [4.78, 5) is 17.5. The molecule has 0 aromatic carbocycles. The summed E-state index contributed by atoms with van der Waals surface area (Å²) >= 11 is 1.52. The summed E-state index contributed by atoms with van der Waals surface area (Å²) in [6.07, 6.45) is 6.89. The second-order valence-electron chi connectivity index (χ2n) is 7.27. The van der Waals surface area contributed by atoms with Crippen molar-refractivity contribution in [1.82, 2.24) is 25.1 Å². The van der Waals surface area contributed by atoms with Crippen LogP contribution in [0, 0.1) is 5.41 Å². The molecule has 4 aromatic heterocycles. The van der Waals surface area contributed by atoms with E-state index in [1.165, 1.54) is 11.3 Å². The maximum Gasteiger partial charge on any atom is 0.211 e. The number of fused-ring (bicyclic) bond motifs is 1. The molecule has 1 unspecified atom stereocenters. The van der Waals surface area contributed by atoms with E-state index in [9.17, 15) is 0 Å². The molecule has 0 radical (unpaired) electrons. The summed E-state index contributed by atoms with van der Waals surface area (Å²) < 4.78 is 0. The van der Waals surface area contributed by atoms with Crippen LogP contribution in [-0.4, -0.2) is 44.1 Å². The van der Waals surface area contributed by atoms with E-state index < -0.39 is 0 Å². The highest BCUT2D eigenvalue weighted by molar-refractivity contribution is 7.15. The lowest BCUT2D eigenvalue weighted by atomic mass is 9.92. The van der Waals surface area contributed by atoms with Gasteiger partial charge in [0, 0.05) is 43.3 Å². The zero-order chi connectivity index (χ0) is 21.8. The number of aromatic nitrogens is 5. The van der Waals surface area contributed by atoms with E-state index in [-0.39, 0.29) is 5.92 Å². The van der Waals surface area contributed by atoms with Gasteiger partial charge in [0.2, 0.25) is 5.13 Å². The van der Waals surface area contributed by atoms with Gasteiger partial charge in [0.25, 0.3) is 0 Å². The van der Waals surface area contributed by atoms with Crippen LogP contribution in [0.5, 0.6) is 0 Å². The van der Waals surface area contributed by atoms with Crippen LogP contribution in [0.2, 0.25) is 0 Å². The minimum Gasteiger partial charge on any atom is -0.315 e. The first kappa shape index (κ1) is 20.7. The number of hydrogen-bond donors (Lipinski definition) is 2. The Balaban J connectivity index is 1.65. The second kappa shape index (κ2) is 9.05. The third-order valence-electron chi connectivity index (χ3n) is 4.67. The number of anilines is 2. The minimum absolute atomic E-state index is 0.330. The van der Waals surface area contributed by atoms with Crippen molar-refractivity contribution >= 4 is 45.2 Å². The molecule has 0 fully saturated rings. The molecule has 2 N–H and O–H groups in total. The highest BCUT2D eigenvalue weighted by atomic mass is 32.1. The molecule has 8 nitrogen and oxygen atoms in total. The lowest BCUT2D eigenvalue weighted by Gasteiger charge is -2.14. The molecule has 0 saturated heterocycles. The highest BCUT2D eigenvalue weighted by Gasteiger charge is 2.18. The van der Waals surface area contributed by atoms with Crippen LogP contribution in [0.4, 0.5) is 10.9 Å². The Labute approximate surface area is 184 Å². The fourth-order valence-corrected chi connectivity index (χ4v) is 3.82. The van der Waals surface area contributed by atoms with Gasteiger partial charge in [0.05, 0.1) is 22.7 Å². The van der Waals surface area contributed by atoms with Gasteiger partial charge >= 0.3 is 0 Å². The minimum atomic E-state index is -0.346. The third kappa shape index (κ3) is 4.61. The van der Waals surface area contributed by atoms with Gasteiger partial charge in [0.1, 0.15) is 10.8 Å². The van der Waals surface area contributed by atoms with E-state index in [0.29, 0.717) is 22.6 Å². The van der Waals surface area contributed by atoms with Crippen LogP contribution in [0.3, 0.4) is 0 Å². The standard InChI is InChI=1S/C22H22N8S/c1-13(2)21-29-30-22(31-21)28-19-7-6-17-18(27-19)9-15(11-26-17)16(12-24-3)20(23)14-5-4-8-25-10-14/h4-13,16,23H,1-3H3,(H,27,28,30). The average molecular weight is 431 g/mol. The molecular formula is C22H22N8S. The molecule has 0 spiro atoms. The molecule has 4 aromatic rings. The summed E-state index contributed by atoms with van der Waals surface area (Å²) in [6.45, 7) is 4.18. The van der Waals surface area contributed by atoms with Crippen molar-refractivity contribution < 1.29 is 0 Å². The first-order valence-electron chi connectivity index (χ1n) is 9.83. The largest absolute Gasteiger partial charge is 0.315 e. The number of pyridine rings is 3. The van der Waals surface area contributed by atoms with Crippen molar-refractivity contribution in [1.29, 1.82) is 5.41 Å². The molecule has 4 heterocycles. The Kier molecular flexibility index (Phi) is 6.03. The van der Waals surface area contributed by atoms with Crippen molar-refractivity contribution in [3.8, 4) is 0 Å². The van der Waals surface area contributed by atoms with Crippen LogP contribution in [0.15, 0.2) is 53.9 Å². The lowest BCUT2D eigenvalue weighted by Crippen LogP contribution is -2.15. The molecule has 0 aliphatic carbocycles. The summed E-state index contributed by atoms with van der Waals surface area (Å²) in [5.41, 5.74) is 3.49. The first-order chi connectivity index (χ1) is 15.0. The summed E-state index contributed by atoms with van der Waals surface area (Å²) in [5.74, 6) is 0.652.